The van der Waals surface area contributed by atoms with E-state index in [1.807, 2.05) is 18.5 Å². The Balaban J connectivity index is 1.61. The van der Waals surface area contributed by atoms with Crippen LogP contribution >= 0.6 is 0 Å². The molecule has 0 spiro atoms. The monoisotopic (exact) mass is 389 g/mol. The molecule has 1 aromatic rings. The minimum atomic E-state index is 0.538. The number of aliphatic imine (C=N–C) groups is 1. The van der Waals surface area contributed by atoms with Gasteiger partial charge in [0.15, 0.2) is 11.8 Å². The smallest absolute Gasteiger partial charge is 0.191 e. The summed E-state index contributed by atoms with van der Waals surface area (Å²) in [5.74, 6) is 3.48. The molecule has 2 aliphatic rings. The molecular formula is C21H39N7. The second-order valence-corrected chi connectivity index (χ2v) is 8.93. The second-order valence-electron chi connectivity index (χ2n) is 8.93. The van der Waals surface area contributed by atoms with E-state index >= 15 is 0 Å². The summed E-state index contributed by atoms with van der Waals surface area (Å²) in [6.07, 6.45) is 9.07. The topological polar surface area (TPSA) is 70.4 Å². The van der Waals surface area contributed by atoms with Crippen LogP contribution in [0.3, 0.4) is 0 Å². The molecule has 0 aromatic carbocycles. The van der Waals surface area contributed by atoms with Crippen LogP contribution in [0.4, 0.5) is 0 Å². The number of rotatable bonds is 7. The highest BCUT2D eigenvalue weighted by molar-refractivity contribution is 5.80. The molecule has 2 heterocycles. The number of aryl methyl sites for hydroxylation is 1. The molecule has 0 bridgehead atoms. The lowest BCUT2D eigenvalue weighted by Crippen LogP contribution is -2.48. The van der Waals surface area contributed by atoms with E-state index in [2.05, 4.69) is 39.6 Å². The molecule has 158 valence electrons. The molecule has 2 N–H and O–H groups in total. The van der Waals surface area contributed by atoms with Crippen LogP contribution < -0.4 is 10.6 Å². The molecule has 1 atom stereocenters. The molecule has 1 saturated carbocycles. The first-order valence-electron chi connectivity index (χ1n) is 11.2. The predicted molar refractivity (Wildman–Crippen MR) is 114 cm³/mol. The summed E-state index contributed by atoms with van der Waals surface area (Å²) < 4.78 is 2.02. The van der Waals surface area contributed by atoms with Crippen LogP contribution in [0.2, 0.25) is 0 Å². The van der Waals surface area contributed by atoms with E-state index in [4.69, 9.17) is 4.99 Å². The van der Waals surface area contributed by atoms with E-state index in [9.17, 15) is 0 Å². The van der Waals surface area contributed by atoms with Crippen molar-refractivity contribution >= 4 is 5.96 Å². The van der Waals surface area contributed by atoms with E-state index in [1.54, 1.807) is 0 Å². The van der Waals surface area contributed by atoms with Gasteiger partial charge in [-0.1, -0.05) is 33.1 Å². The minimum absolute atomic E-state index is 0.538. The maximum absolute atomic E-state index is 4.86. The molecule has 1 saturated heterocycles. The quantitative estimate of drug-likeness (QED) is 0.554. The number of nitrogens with one attached hydrogen (secondary N) is 2. The molecule has 28 heavy (non-hydrogen) atoms. The van der Waals surface area contributed by atoms with Gasteiger partial charge in [-0.15, -0.1) is 10.2 Å². The van der Waals surface area contributed by atoms with Crippen molar-refractivity contribution in [3.63, 3.8) is 0 Å². The Morgan fingerprint density at radius 2 is 1.93 bits per heavy atom. The Morgan fingerprint density at radius 1 is 1.14 bits per heavy atom. The van der Waals surface area contributed by atoms with E-state index in [1.165, 1.54) is 58.0 Å². The number of guanidine groups is 1. The van der Waals surface area contributed by atoms with Crippen molar-refractivity contribution in [1.82, 2.24) is 30.3 Å². The Labute approximate surface area is 170 Å². The van der Waals surface area contributed by atoms with Crippen molar-refractivity contribution in [2.24, 2.45) is 18.0 Å². The summed E-state index contributed by atoms with van der Waals surface area (Å²) in [5.41, 5.74) is 0. The summed E-state index contributed by atoms with van der Waals surface area (Å²) >= 11 is 0. The third-order valence-electron chi connectivity index (χ3n) is 6.11. The number of nitrogens with zero attached hydrogens (tertiary/aromatic N) is 5. The molecule has 0 unspecified atom stereocenters. The first kappa shape index (κ1) is 21.1. The van der Waals surface area contributed by atoms with Gasteiger partial charge in [0.25, 0.3) is 0 Å². The van der Waals surface area contributed by atoms with E-state index in [0.717, 1.165) is 24.2 Å². The zero-order valence-electron chi connectivity index (χ0n) is 18.2. The number of aromatic nitrogens is 3. The van der Waals surface area contributed by atoms with Gasteiger partial charge in [0.2, 0.25) is 0 Å². The SMILES string of the molecule is Cc1nnc(CN=C(NC[C@H]2CCCN2CC(C)C)NC2CCCCC2)n1C. The molecule has 7 nitrogen and oxygen atoms in total. The highest BCUT2D eigenvalue weighted by Gasteiger charge is 2.25. The van der Waals surface area contributed by atoms with Crippen molar-refractivity contribution in [3.05, 3.63) is 11.6 Å². The van der Waals surface area contributed by atoms with Crippen LogP contribution in [0.5, 0.6) is 0 Å². The summed E-state index contributed by atoms with van der Waals surface area (Å²) in [5, 5.41) is 15.8. The number of likely N-dealkylation sites (tertiary alicyclic amines) is 1. The average molecular weight is 390 g/mol. The molecule has 0 amide bonds. The van der Waals surface area contributed by atoms with Crippen molar-refractivity contribution in [2.45, 2.75) is 84.3 Å². The van der Waals surface area contributed by atoms with Gasteiger partial charge in [-0.05, 0) is 45.1 Å². The molecule has 0 radical (unpaired) electrons. The zero-order valence-corrected chi connectivity index (χ0v) is 18.2. The van der Waals surface area contributed by atoms with Crippen LogP contribution in [0.15, 0.2) is 4.99 Å². The molecule has 1 aliphatic carbocycles. The van der Waals surface area contributed by atoms with Crippen LogP contribution in [-0.4, -0.2) is 57.3 Å². The third-order valence-corrected chi connectivity index (χ3v) is 6.11. The highest BCUT2D eigenvalue weighted by atomic mass is 15.3. The minimum Gasteiger partial charge on any atom is -0.355 e. The van der Waals surface area contributed by atoms with Crippen molar-refractivity contribution in [2.75, 3.05) is 19.6 Å². The second kappa shape index (κ2) is 10.2. The Morgan fingerprint density at radius 3 is 2.61 bits per heavy atom. The van der Waals surface area contributed by atoms with Crippen LogP contribution in [0, 0.1) is 12.8 Å². The molecular weight excluding hydrogens is 350 g/mol. The fourth-order valence-corrected chi connectivity index (χ4v) is 4.38. The summed E-state index contributed by atoms with van der Waals surface area (Å²) in [7, 11) is 2.00. The fraction of sp³-hybridized carbons (Fsp3) is 0.857. The van der Waals surface area contributed by atoms with Gasteiger partial charge in [0.05, 0.1) is 0 Å². The van der Waals surface area contributed by atoms with Crippen molar-refractivity contribution in [3.8, 4) is 0 Å². The lowest BCUT2D eigenvalue weighted by atomic mass is 9.96. The Hall–Kier alpha value is -1.63. The van der Waals surface area contributed by atoms with Gasteiger partial charge >= 0.3 is 0 Å². The van der Waals surface area contributed by atoms with Gasteiger partial charge in [-0.25, -0.2) is 4.99 Å². The Kier molecular flexibility index (Phi) is 7.71. The largest absolute Gasteiger partial charge is 0.355 e. The van der Waals surface area contributed by atoms with Crippen LogP contribution in [0.1, 0.15) is 70.4 Å². The molecule has 2 fully saturated rings. The lowest BCUT2D eigenvalue weighted by molar-refractivity contribution is 0.226. The molecule has 7 heteroatoms. The van der Waals surface area contributed by atoms with E-state index in [-0.39, 0.29) is 0 Å². The Bertz CT molecular complexity index is 631. The van der Waals surface area contributed by atoms with Gasteiger partial charge < -0.3 is 15.2 Å². The lowest BCUT2D eigenvalue weighted by Gasteiger charge is -2.29. The number of hydrogen-bond acceptors (Lipinski definition) is 4. The molecule has 1 aromatic heterocycles. The van der Waals surface area contributed by atoms with E-state index < -0.39 is 0 Å². The van der Waals surface area contributed by atoms with Gasteiger partial charge in [-0.2, -0.15) is 0 Å². The highest BCUT2D eigenvalue weighted by Crippen LogP contribution is 2.19. The first-order valence-corrected chi connectivity index (χ1v) is 11.2. The van der Waals surface area contributed by atoms with Gasteiger partial charge in [-0.3, -0.25) is 4.90 Å². The van der Waals surface area contributed by atoms with E-state index in [0.29, 0.717) is 24.5 Å². The standard InChI is InChI=1S/C21H39N7/c1-16(2)15-28-12-8-11-19(28)13-22-21(24-18-9-6-5-7-10-18)23-14-20-26-25-17(3)27(20)4/h16,18-19H,5-15H2,1-4H3,(H2,22,23,24)/t19-/m1/s1. The molecule has 3 rings (SSSR count). The van der Waals surface area contributed by atoms with Crippen LogP contribution in [0.25, 0.3) is 0 Å². The summed E-state index contributed by atoms with van der Waals surface area (Å²) in [6.45, 7) is 10.5. The predicted octanol–water partition coefficient (Wildman–Crippen LogP) is 2.61. The maximum Gasteiger partial charge on any atom is 0.191 e. The van der Waals surface area contributed by atoms with Gasteiger partial charge in [0.1, 0.15) is 12.4 Å². The summed E-state index contributed by atoms with van der Waals surface area (Å²) in [6, 6.07) is 1.15. The summed E-state index contributed by atoms with van der Waals surface area (Å²) in [4.78, 5) is 7.50. The number of hydrogen-bond donors (Lipinski definition) is 2. The third kappa shape index (κ3) is 5.93. The maximum atomic E-state index is 4.86. The van der Waals surface area contributed by atoms with Crippen molar-refractivity contribution < 1.29 is 0 Å². The van der Waals surface area contributed by atoms with Gasteiger partial charge in [0, 0.05) is 32.2 Å². The van der Waals surface area contributed by atoms with Crippen molar-refractivity contribution in [1.29, 1.82) is 0 Å². The molecule has 1 aliphatic heterocycles. The normalized spacial score (nSPS) is 22.2. The fourth-order valence-electron chi connectivity index (χ4n) is 4.38. The van der Waals surface area contributed by atoms with Crippen LogP contribution in [-0.2, 0) is 13.6 Å². The zero-order chi connectivity index (χ0) is 19.9. The first-order chi connectivity index (χ1) is 13.5. The average Bonchev–Trinajstić information content (AvgIpc) is 3.25.